The molecule has 5 unspecified atom stereocenters. The van der Waals surface area contributed by atoms with Crippen LogP contribution in [0.1, 0.15) is 25.7 Å². The second kappa shape index (κ2) is 9.91. The molecule has 0 amide bonds. The molecular weight excluding hydrogens is 282 g/mol. The van der Waals surface area contributed by atoms with Gasteiger partial charge in [-0.3, -0.25) is 0 Å². The summed E-state index contributed by atoms with van der Waals surface area (Å²) in [6, 6.07) is 0. The van der Waals surface area contributed by atoms with E-state index in [4.69, 9.17) is 20.1 Å². The van der Waals surface area contributed by atoms with E-state index in [0.29, 0.717) is 13.2 Å². The van der Waals surface area contributed by atoms with Gasteiger partial charge in [0.1, 0.15) is 24.4 Å². The molecule has 1 saturated heterocycles. The maximum atomic E-state index is 9.73. The standard InChI is InChI=1S/C12H23N3O6/c13-15-14-5-3-1-2-4-6-20-12-11(19)10(18)9(17)8(7-16)21-12/h8-12,16-19H,1-7H2. The van der Waals surface area contributed by atoms with Gasteiger partial charge < -0.3 is 29.9 Å². The maximum absolute atomic E-state index is 9.73. The summed E-state index contributed by atoms with van der Waals surface area (Å²) < 4.78 is 10.5. The molecule has 1 fully saturated rings. The minimum atomic E-state index is -1.41. The van der Waals surface area contributed by atoms with Crippen LogP contribution in [0, 0.1) is 0 Å². The average molecular weight is 305 g/mol. The number of rotatable bonds is 9. The summed E-state index contributed by atoms with van der Waals surface area (Å²) in [4.78, 5) is 2.66. The highest BCUT2D eigenvalue weighted by atomic mass is 16.7. The largest absolute Gasteiger partial charge is 0.394 e. The fourth-order valence-electron chi connectivity index (χ4n) is 2.09. The van der Waals surface area contributed by atoms with Crippen LogP contribution in [0.2, 0.25) is 0 Å². The molecular formula is C12H23N3O6. The number of aliphatic hydroxyl groups is 4. The lowest BCUT2D eigenvalue weighted by Gasteiger charge is -2.39. The first-order valence-corrected chi connectivity index (χ1v) is 7.04. The first-order chi connectivity index (χ1) is 10.1. The van der Waals surface area contributed by atoms with E-state index in [0.717, 1.165) is 25.7 Å². The lowest BCUT2D eigenvalue weighted by molar-refractivity contribution is -0.301. The average Bonchev–Trinajstić information content (AvgIpc) is 2.49. The van der Waals surface area contributed by atoms with Gasteiger partial charge in [-0.2, -0.15) is 0 Å². The predicted octanol–water partition coefficient (Wildman–Crippen LogP) is -0.326. The summed E-state index contributed by atoms with van der Waals surface area (Å²) in [7, 11) is 0. The van der Waals surface area contributed by atoms with Crippen molar-refractivity contribution in [2.75, 3.05) is 19.8 Å². The molecule has 1 aliphatic rings. The third-order valence-electron chi connectivity index (χ3n) is 3.35. The van der Waals surface area contributed by atoms with Crippen LogP contribution >= 0.6 is 0 Å². The molecule has 1 rings (SSSR count). The number of ether oxygens (including phenoxy) is 2. The van der Waals surface area contributed by atoms with Crippen molar-refractivity contribution in [2.45, 2.75) is 56.4 Å². The molecule has 21 heavy (non-hydrogen) atoms. The fourth-order valence-corrected chi connectivity index (χ4v) is 2.09. The molecule has 9 nitrogen and oxygen atoms in total. The molecule has 5 atom stereocenters. The Hall–Kier alpha value is -0.930. The second-order valence-corrected chi connectivity index (χ2v) is 4.94. The van der Waals surface area contributed by atoms with Crippen molar-refractivity contribution in [3.05, 3.63) is 10.4 Å². The molecule has 9 heteroatoms. The monoisotopic (exact) mass is 305 g/mol. The van der Waals surface area contributed by atoms with Gasteiger partial charge in [0.05, 0.1) is 6.61 Å². The Labute approximate surface area is 122 Å². The number of azide groups is 1. The summed E-state index contributed by atoms with van der Waals surface area (Å²) in [5, 5.41) is 41.4. The van der Waals surface area contributed by atoms with Crippen molar-refractivity contribution in [3.8, 4) is 0 Å². The molecule has 0 aliphatic carbocycles. The Kier molecular flexibility index (Phi) is 8.55. The number of hydrogen-bond donors (Lipinski definition) is 4. The van der Waals surface area contributed by atoms with Crippen LogP contribution in [0.4, 0.5) is 0 Å². The highest BCUT2D eigenvalue weighted by Gasteiger charge is 2.43. The van der Waals surface area contributed by atoms with Crippen molar-refractivity contribution in [1.29, 1.82) is 0 Å². The van der Waals surface area contributed by atoms with Crippen LogP contribution < -0.4 is 0 Å². The van der Waals surface area contributed by atoms with Gasteiger partial charge in [-0.25, -0.2) is 0 Å². The summed E-state index contributed by atoms with van der Waals surface area (Å²) in [5.41, 5.74) is 8.10. The van der Waals surface area contributed by atoms with Crippen molar-refractivity contribution < 1.29 is 29.9 Å². The molecule has 122 valence electrons. The summed E-state index contributed by atoms with van der Waals surface area (Å²) >= 11 is 0. The van der Waals surface area contributed by atoms with Crippen LogP contribution in [-0.2, 0) is 9.47 Å². The minimum absolute atomic E-state index is 0.324. The SMILES string of the molecule is [N-]=[N+]=NCCCCCCOC1OC(CO)C(O)C(O)C1O. The van der Waals surface area contributed by atoms with E-state index in [9.17, 15) is 15.3 Å². The molecule has 0 aromatic carbocycles. The van der Waals surface area contributed by atoms with E-state index in [1.165, 1.54) is 0 Å². The molecule has 0 spiro atoms. The Morgan fingerprint density at radius 1 is 1.05 bits per heavy atom. The van der Waals surface area contributed by atoms with Gasteiger partial charge in [0.25, 0.3) is 0 Å². The van der Waals surface area contributed by atoms with Crippen LogP contribution in [0.5, 0.6) is 0 Å². The smallest absolute Gasteiger partial charge is 0.186 e. The Morgan fingerprint density at radius 3 is 2.43 bits per heavy atom. The number of nitrogens with zero attached hydrogens (tertiary/aromatic N) is 3. The van der Waals surface area contributed by atoms with E-state index in [-0.39, 0.29) is 0 Å². The topological polar surface area (TPSA) is 148 Å². The molecule has 1 aliphatic heterocycles. The van der Waals surface area contributed by atoms with Gasteiger partial charge in [0.15, 0.2) is 6.29 Å². The molecule has 4 N–H and O–H groups in total. The van der Waals surface area contributed by atoms with Gasteiger partial charge >= 0.3 is 0 Å². The second-order valence-electron chi connectivity index (χ2n) is 4.94. The molecule has 0 radical (unpaired) electrons. The third kappa shape index (κ3) is 5.76. The zero-order valence-electron chi connectivity index (χ0n) is 11.8. The third-order valence-corrected chi connectivity index (χ3v) is 3.35. The van der Waals surface area contributed by atoms with Gasteiger partial charge in [-0.15, -0.1) is 0 Å². The van der Waals surface area contributed by atoms with Crippen LogP contribution in [-0.4, -0.2) is 70.9 Å². The first kappa shape index (κ1) is 18.1. The lowest BCUT2D eigenvalue weighted by atomic mass is 9.99. The van der Waals surface area contributed by atoms with Crippen LogP contribution in [0.25, 0.3) is 10.4 Å². The quantitative estimate of drug-likeness (QED) is 0.198. The minimum Gasteiger partial charge on any atom is -0.394 e. The predicted molar refractivity (Wildman–Crippen MR) is 72.2 cm³/mol. The summed E-state index contributed by atoms with van der Waals surface area (Å²) in [5.74, 6) is 0. The highest BCUT2D eigenvalue weighted by molar-refractivity contribution is 4.88. The van der Waals surface area contributed by atoms with E-state index in [1.807, 2.05) is 0 Å². The Bertz CT molecular complexity index is 337. The van der Waals surface area contributed by atoms with Crippen molar-refractivity contribution in [1.82, 2.24) is 0 Å². The zero-order valence-corrected chi connectivity index (χ0v) is 11.8. The van der Waals surface area contributed by atoms with Gasteiger partial charge in [-0.1, -0.05) is 18.0 Å². The Balaban J connectivity index is 2.20. The molecule has 0 aromatic rings. The van der Waals surface area contributed by atoms with Crippen LogP contribution in [0.3, 0.4) is 0 Å². The van der Waals surface area contributed by atoms with E-state index in [1.54, 1.807) is 0 Å². The number of hydrogen-bond acceptors (Lipinski definition) is 7. The molecule has 0 saturated carbocycles. The lowest BCUT2D eigenvalue weighted by Crippen LogP contribution is -2.59. The first-order valence-electron chi connectivity index (χ1n) is 7.04. The van der Waals surface area contributed by atoms with Gasteiger partial charge in [0.2, 0.25) is 0 Å². The number of aliphatic hydroxyl groups excluding tert-OH is 4. The molecule has 0 aromatic heterocycles. The van der Waals surface area contributed by atoms with E-state index in [2.05, 4.69) is 10.0 Å². The Morgan fingerprint density at radius 2 is 1.76 bits per heavy atom. The van der Waals surface area contributed by atoms with Crippen molar-refractivity contribution in [2.24, 2.45) is 5.11 Å². The fraction of sp³-hybridized carbons (Fsp3) is 1.00. The molecule has 1 heterocycles. The highest BCUT2D eigenvalue weighted by Crippen LogP contribution is 2.22. The summed E-state index contributed by atoms with van der Waals surface area (Å²) in [6.07, 6.45) is -2.84. The van der Waals surface area contributed by atoms with E-state index >= 15 is 0 Å². The normalized spacial score (nSPS) is 32.7. The van der Waals surface area contributed by atoms with E-state index < -0.39 is 37.3 Å². The molecule has 0 bridgehead atoms. The van der Waals surface area contributed by atoms with Crippen molar-refractivity contribution >= 4 is 0 Å². The van der Waals surface area contributed by atoms with Gasteiger partial charge in [0, 0.05) is 18.1 Å². The van der Waals surface area contributed by atoms with Crippen LogP contribution in [0.15, 0.2) is 5.11 Å². The number of unbranched alkanes of at least 4 members (excludes halogenated alkanes) is 3. The van der Waals surface area contributed by atoms with Gasteiger partial charge in [-0.05, 0) is 18.4 Å². The van der Waals surface area contributed by atoms with Crippen molar-refractivity contribution in [3.63, 3.8) is 0 Å². The zero-order chi connectivity index (χ0) is 15.7. The maximum Gasteiger partial charge on any atom is 0.186 e. The summed E-state index contributed by atoms with van der Waals surface area (Å²) in [6.45, 7) is 0.332.